The van der Waals surface area contributed by atoms with Crippen LogP contribution in [0.2, 0.25) is 0 Å². The van der Waals surface area contributed by atoms with E-state index in [1.807, 2.05) is 33.3 Å². The number of phosphoric acid groups is 1. The lowest BCUT2D eigenvalue weighted by molar-refractivity contribution is -0.870. The Balaban J connectivity index is 5.08. The number of carbonyl (C=O) groups is 2. The highest BCUT2D eigenvalue weighted by molar-refractivity contribution is 7.47. The summed E-state index contributed by atoms with van der Waals surface area (Å²) in [4.78, 5) is 37.9. The summed E-state index contributed by atoms with van der Waals surface area (Å²) in [6, 6.07) is -0.864. The van der Waals surface area contributed by atoms with Gasteiger partial charge in [0, 0.05) is 12.8 Å². The second-order valence-corrected chi connectivity index (χ2v) is 26.8. The van der Waals surface area contributed by atoms with E-state index in [1.165, 1.54) is 154 Å². The summed E-state index contributed by atoms with van der Waals surface area (Å²) in [5, 5.41) is 3.06. The van der Waals surface area contributed by atoms with Crippen LogP contribution in [0.15, 0.2) is 122 Å². The van der Waals surface area contributed by atoms with Crippen LogP contribution in [0.1, 0.15) is 310 Å². The number of likely N-dealkylation sites (N-methyl/N-ethyl adjacent to an activating group) is 1. The molecule has 0 radical (unpaired) electrons. The maximum atomic E-state index is 13.6. The van der Waals surface area contributed by atoms with Crippen LogP contribution in [0.3, 0.4) is 0 Å². The molecule has 0 aliphatic heterocycles. The van der Waals surface area contributed by atoms with Gasteiger partial charge in [0.15, 0.2) is 0 Å². The molecule has 0 aromatic heterocycles. The van der Waals surface area contributed by atoms with Gasteiger partial charge in [0.25, 0.3) is 0 Å². The summed E-state index contributed by atoms with van der Waals surface area (Å²) in [6.45, 7) is 6.87. The molecule has 0 aromatic carbocycles. The van der Waals surface area contributed by atoms with Gasteiger partial charge in [0.2, 0.25) is 5.91 Å². The average Bonchev–Trinajstić information content (AvgIpc) is 3.61. The van der Waals surface area contributed by atoms with Crippen LogP contribution in [-0.4, -0.2) is 74.3 Å². The number of hydrogen-bond acceptors (Lipinski definition) is 6. The Morgan fingerprint density at radius 3 is 1.11 bits per heavy atom. The molecule has 1 amide bonds. The van der Waals surface area contributed by atoms with Gasteiger partial charge in [-0.05, 0) is 122 Å². The van der Waals surface area contributed by atoms with Crippen LogP contribution in [0.25, 0.3) is 0 Å². The average molecular weight is 1250 g/mol. The smallest absolute Gasteiger partial charge is 0.456 e. The van der Waals surface area contributed by atoms with Gasteiger partial charge < -0.3 is 19.4 Å². The molecule has 0 rings (SSSR count). The van der Waals surface area contributed by atoms with E-state index in [4.69, 9.17) is 13.8 Å². The van der Waals surface area contributed by atoms with E-state index >= 15 is 0 Å². The standard InChI is InChI=1S/C78H137N2O7P/c1-7-10-13-16-19-22-25-28-30-32-34-36-38-39-40-41-43-45-47-49-51-53-56-59-62-65-68-71-78(82)87-76(69-66-63-60-57-54-27-24-21-18-15-12-9-3)75(74-86-88(83,84)85-73-72-80(4,5)6)79-77(81)70-67-64-61-58-55-52-50-48-46-44-42-37-35-33-31-29-26-23-20-17-14-11-8-2/h10,13,19-20,22-23,28-31,34-37,39-40,44,46,66,69,75-76H,7-9,11-12,14-18,21,24-27,32-33,38,41-43,45,47-65,67-68,70-74H2,1-6H3,(H-,79,81,83,84)/p+1/b13-10-,22-19-,23-20-,30-28-,31-29-,36-34-,37-35-,40-39-,46-44-,69-66+. The zero-order valence-corrected chi connectivity index (χ0v) is 58.8. The number of phosphoric ester groups is 1. The molecule has 88 heavy (non-hydrogen) atoms. The number of carbonyl (C=O) groups excluding carboxylic acids is 2. The van der Waals surface area contributed by atoms with Crippen LogP contribution >= 0.6 is 7.82 Å². The third kappa shape index (κ3) is 66.8. The minimum Gasteiger partial charge on any atom is -0.456 e. The predicted octanol–water partition coefficient (Wildman–Crippen LogP) is 23.4. The lowest BCUT2D eigenvalue weighted by Crippen LogP contribution is -2.47. The SMILES string of the molecule is CC/C=C\C/C=C\C/C=C\C/C=C\C/C=C\CCCCCCCCCCCCCC(=O)OC(/C=C/CCCCCCCCCCCC)C(COP(=O)(O)OCC[N+](C)(C)C)NC(=O)CCCCCCCCC/C=C\C/C=C\C/C=C\C/C=C\CCCCC. The van der Waals surface area contributed by atoms with E-state index in [0.29, 0.717) is 17.4 Å². The van der Waals surface area contributed by atoms with E-state index in [-0.39, 0.29) is 31.5 Å². The number of rotatable bonds is 65. The van der Waals surface area contributed by atoms with Crippen molar-refractivity contribution in [2.45, 2.75) is 322 Å². The third-order valence-electron chi connectivity index (χ3n) is 15.6. The normalized spacial score (nSPS) is 14.2. The first-order valence-electron chi connectivity index (χ1n) is 36.4. The number of nitrogens with one attached hydrogen (secondary N) is 1. The quantitative estimate of drug-likeness (QED) is 0.0205. The molecule has 0 aliphatic rings. The molecule has 9 nitrogen and oxygen atoms in total. The topological polar surface area (TPSA) is 111 Å². The van der Waals surface area contributed by atoms with E-state index in [2.05, 4.69) is 135 Å². The molecular weight excluding hydrogens is 1110 g/mol. The summed E-state index contributed by atoms with van der Waals surface area (Å²) in [7, 11) is 1.48. The number of ether oxygens (including phenoxy) is 1. The molecule has 3 atom stereocenters. The molecular formula is C78H138N2O7P+. The molecule has 3 unspecified atom stereocenters. The summed E-state index contributed by atoms with van der Waals surface area (Å²) in [5.74, 6) is -0.521. The van der Waals surface area contributed by atoms with Crippen LogP contribution in [0, 0.1) is 0 Å². The molecule has 0 fully saturated rings. The molecule has 10 heteroatoms. The third-order valence-corrected chi connectivity index (χ3v) is 16.6. The van der Waals surface area contributed by atoms with E-state index < -0.39 is 20.0 Å². The van der Waals surface area contributed by atoms with Gasteiger partial charge in [0.1, 0.15) is 19.3 Å². The highest BCUT2D eigenvalue weighted by atomic mass is 31.2. The minimum atomic E-state index is -4.47. The molecule has 0 saturated heterocycles. The Bertz CT molecular complexity index is 1920. The van der Waals surface area contributed by atoms with Crippen molar-refractivity contribution < 1.29 is 37.3 Å². The maximum Gasteiger partial charge on any atom is 0.472 e. The molecule has 0 heterocycles. The molecule has 0 bridgehead atoms. The Hall–Kier alpha value is -3.59. The number of quaternary nitrogens is 1. The zero-order valence-electron chi connectivity index (χ0n) is 57.9. The fourth-order valence-electron chi connectivity index (χ4n) is 10.1. The van der Waals surface area contributed by atoms with Crippen LogP contribution in [0.4, 0.5) is 0 Å². The first-order valence-corrected chi connectivity index (χ1v) is 37.9. The van der Waals surface area contributed by atoms with Crippen LogP contribution in [0.5, 0.6) is 0 Å². The van der Waals surface area contributed by atoms with Gasteiger partial charge in [0.05, 0.1) is 33.8 Å². The van der Waals surface area contributed by atoms with Crippen molar-refractivity contribution in [3.8, 4) is 0 Å². The van der Waals surface area contributed by atoms with Crippen molar-refractivity contribution in [2.75, 3.05) is 40.9 Å². The molecule has 0 aliphatic carbocycles. The largest absolute Gasteiger partial charge is 0.472 e. The van der Waals surface area contributed by atoms with Gasteiger partial charge in [-0.2, -0.15) is 0 Å². The first kappa shape index (κ1) is 84.4. The Labute approximate surface area is 543 Å². The monoisotopic (exact) mass is 1250 g/mol. The van der Waals surface area contributed by atoms with Crippen molar-refractivity contribution in [3.63, 3.8) is 0 Å². The fraction of sp³-hybridized carbons (Fsp3) is 0.718. The number of allylic oxidation sites excluding steroid dienone is 19. The number of hydrogen-bond donors (Lipinski definition) is 2. The number of esters is 1. The van der Waals surface area contributed by atoms with Crippen molar-refractivity contribution in [2.24, 2.45) is 0 Å². The predicted molar refractivity (Wildman–Crippen MR) is 383 cm³/mol. The van der Waals surface area contributed by atoms with Crippen molar-refractivity contribution >= 4 is 19.7 Å². The molecule has 0 saturated carbocycles. The van der Waals surface area contributed by atoms with Gasteiger partial charge in [-0.1, -0.05) is 297 Å². The minimum absolute atomic E-state index is 0.0321. The zero-order chi connectivity index (χ0) is 64.2. The molecule has 506 valence electrons. The lowest BCUT2D eigenvalue weighted by atomic mass is 10.0. The van der Waals surface area contributed by atoms with Gasteiger partial charge >= 0.3 is 13.8 Å². The Kier molecular flexibility index (Phi) is 63.6. The van der Waals surface area contributed by atoms with Crippen LogP contribution < -0.4 is 5.32 Å². The molecule has 2 N–H and O–H groups in total. The summed E-state index contributed by atoms with van der Waals surface area (Å²) in [5.41, 5.74) is 0. The van der Waals surface area contributed by atoms with Crippen molar-refractivity contribution in [3.05, 3.63) is 122 Å². The maximum absolute atomic E-state index is 13.6. The number of unbranched alkanes of at least 4 members (excludes halogenated alkanes) is 31. The summed E-state index contributed by atoms with van der Waals surface area (Å²) in [6.07, 6.45) is 93.5. The van der Waals surface area contributed by atoms with E-state index in [0.717, 1.165) is 122 Å². The summed E-state index contributed by atoms with van der Waals surface area (Å²) >= 11 is 0. The molecule has 0 aromatic rings. The molecule has 0 spiro atoms. The van der Waals surface area contributed by atoms with Gasteiger partial charge in [-0.3, -0.25) is 18.6 Å². The second kappa shape index (κ2) is 66.3. The summed E-state index contributed by atoms with van der Waals surface area (Å²) < 4.78 is 30.8. The van der Waals surface area contributed by atoms with Gasteiger partial charge in [-0.25, -0.2) is 4.57 Å². The number of amides is 1. The first-order chi connectivity index (χ1) is 42.9. The second-order valence-electron chi connectivity index (χ2n) is 25.4. The highest BCUT2D eigenvalue weighted by Crippen LogP contribution is 2.43. The van der Waals surface area contributed by atoms with Crippen LogP contribution in [-0.2, 0) is 27.9 Å². The van der Waals surface area contributed by atoms with Crippen molar-refractivity contribution in [1.29, 1.82) is 0 Å². The number of nitrogens with zero attached hydrogens (tertiary/aromatic N) is 1. The van der Waals surface area contributed by atoms with E-state index in [1.54, 1.807) is 0 Å². The Morgan fingerprint density at radius 1 is 0.409 bits per heavy atom. The van der Waals surface area contributed by atoms with Gasteiger partial charge in [-0.15, -0.1) is 0 Å². The lowest BCUT2D eigenvalue weighted by Gasteiger charge is -2.27. The fourth-order valence-corrected chi connectivity index (χ4v) is 10.8. The van der Waals surface area contributed by atoms with E-state index in [9.17, 15) is 19.0 Å². The highest BCUT2D eigenvalue weighted by Gasteiger charge is 2.30. The van der Waals surface area contributed by atoms with Crippen molar-refractivity contribution in [1.82, 2.24) is 5.32 Å². The Morgan fingerprint density at radius 2 is 0.727 bits per heavy atom.